The number of piperidine rings is 1. The topological polar surface area (TPSA) is 85.5 Å². The molecule has 1 aromatic heterocycles. The van der Waals surface area contributed by atoms with Crippen LogP contribution in [-0.2, 0) is 10.0 Å². The fraction of sp³-hybridized carbons (Fsp3) is 0.333. The van der Waals surface area contributed by atoms with E-state index in [1.807, 2.05) is 31.2 Å². The molecule has 0 amide bonds. The Balaban J connectivity index is 1.64. The molecule has 1 aliphatic rings. The smallest absolute Gasteiger partial charge is 0.245 e. The van der Waals surface area contributed by atoms with Gasteiger partial charge in [0.1, 0.15) is 11.8 Å². The van der Waals surface area contributed by atoms with Crippen LogP contribution < -0.4 is 4.74 Å². The number of nitrogens with zero attached hydrogens (tertiary/aromatic N) is 3. The van der Waals surface area contributed by atoms with Crippen molar-refractivity contribution >= 4 is 10.0 Å². The van der Waals surface area contributed by atoms with Crippen molar-refractivity contribution in [2.24, 2.45) is 0 Å². The zero-order chi connectivity index (χ0) is 20.4. The molecule has 0 radical (unpaired) electrons. The van der Waals surface area contributed by atoms with Crippen LogP contribution in [0.25, 0.3) is 11.4 Å². The first kappa shape index (κ1) is 19.6. The van der Waals surface area contributed by atoms with Crippen LogP contribution in [0.1, 0.15) is 36.8 Å². The summed E-state index contributed by atoms with van der Waals surface area (Å²) in [6.45, 7) is 2.43. The number of benzene rings is 2. The van der Waals surface area contributed by atoms with Crippen molar-refractivity contribution in [1.29, 1.82) is 0 Å². The Morgan fingerprint density at radius 3 is 2.48 bits per heavy atom. The highest BCUT2D eigenvalue weighted by Gasteiger charge is 2.37. The lowest BCUT2D eigenvalue weighted by molar-refractivity contribution is 0.204. The first-order valence-corrected chi connectivity index (χ1v) is 11.0. The molecule has 2 aromatic carbocycles. The molecule has 0 N–H and O–H groups in total. The van der Waals surface area contributed by atoms with E-state index in [2.05, 4.69) is 10.1 Å². The van der Waals surface area contributed by atoms with Crippen molar-refractivity contribution in [2.75, 3.05) is 13.7 Å². The van der Waals surface area contributed by atoms with Crippen LogP contribution in [0.3, 0.4) is 0 Å². The lowest BCUT2D eigenvalue weighted by Gasteiger charge is -2.32. The molecule has 3 aromatic rings. The van der Waals surface area contributed by atoms with Crippen LogP contribution in [0.2, 0.25) is 0 Å². The molecule has 4 rings (SSSR count). The SMILES string of the molecule is COc1ccc(S(=O)(=O)N2CCCCC2c2nc(-c3ccc(C)cc3)no2)cc1. The maximum atomic E-state index is 13.3. The highest BCUT2D eigenvalue weighted by Crippen LogP contribution is 2.35. The molecular weight excluding hydrogens is 390 g/mol. The molecule has 1 aliphatic heterocycles. The Morgan fingerprint density at radius 2 is 1.79 bits per heavy atom. The van der Waals surface area contributed by atoms with Crippen LogP contribution in [0.5, 0.6) is 5.75 Å². The largest absolute Gasteiger partial charge is 0.497 e. The van der Waals surface area contributed by atoms with Gasteiger partial charge in [-0.15, -0.1) is 0 Å². The minimum Gasteiger partial charge on any atom is -0.497 e. The summed E-state index contributed by atoms with van der Waals surface area (Å²) in [5.41, 5.74) is 1.98. The van der Waals surface area contributed by atoms with Gasteiger partial charge in [0.25, 0.3) is 0 Å². The van der Waals surface area contributed by atoms with Gasteiger partial charge in [-0.1, -0.05) is 41.4 Å². The van der Waals surface area contributed by atoms with Gasteiger partial charge in [0.05, 0.1) is 12.0 Å². The molecular formula is C21H23N3O4S. The summed E-state index contributed by atoms with van der Waals surface area (Å²) in [6, 6.07) is 13.8. The minimum absolute atomic E-state index is 0.225. The summed E-state index contributed by atoms with van der Waals surface area (Å²) >= 11 is 0. The summed E-state index contributed by atoms with van der Waals surface area (Å²) in [7, 11) is -2.15. The van der Waals surface area contributed by atoms with Gasteiger partial charge in [0.2, 0.25) is 21.7 Å². The fourth-order valence-corrected chi connectivity index (χ4v) is 5.16. The van der Waals surface area contributed by atoms with E-state index < -0.39 is 16.1 Å². The second-order valence-corrected chi connectivity index (χ2v) is 9.02. The van der Waals surface area contributed by atoms with Crippen LogP contribution in [0.4, 0.5) is 0 Å². The van der Waals surface area contributed by atoms with E-state index in [0.717, 1.165) is 24.0 Å². The Bertz CT molecular complexity index is 1080. The zero-order valence-corrected chi connectivity index (χ0v) is 17.2. The molecule has 7 nitrogen and oxygen atoms in total. The molecule has 1 atom stereocenters. The normalized spacial score (nSPS) is 17.9. The Hall–Kier alpha value is -2.71. The second-order valence-electron chi connectivity index (χ2n) is 7.13. The van der Waals surface area contributed by atoms with Crippen molar-refractivity contribution < 1.29 is 17.7 Å². The Labute approximate surface area is 170 Å². The molecule has 1 unspecified atom stereocenters. The van der Waals surface area contributed by atoms with Gasteiger partial charge in [0.15, 0.2) is 0 Å². The van der Waals surface area contributed by atoms with Gasteiger partial charge in [-0.25, -0.2) is 8.42 Å². The van der Waals surface area contributed by atoms with Gasteiger partial charge in [-0.2, -0.15) is 9.29 Å². The molecule has 0 bridgehead atoms. The number of ether oxygens (including phenoxy) is 1. The monoisotopic (exact) mass is 413 g/mol. The van der Waals surface area contributed by atoms with Crippen molar-refractivity contribution in [3.63, 3.8) is 0 Å². The summed E-state index contributed by atoms with van der Waals surface area (Å²) in [6.07, 6.45) is 2.34. The molecule has 2 heterocycles. The molecule has 0 saturated carbocycles. The predicted octanol–water partition coefficient (Wildman–Crippen LogP) is 3.97. The third-order valence-electron chi connectivity index (χ3n) is 5.16. The second kappa shape index (κ2) is 7.96. The number of aryl methyl sites for hydroxylation is 1. The number of hydrogen-bond donors (Lipinski definition) is 0. The lowest BCUT2D eigenvalue weighted by Crippen LogP contribution is -2.38. The highest BCUT2D eigenvalue weighted by molar-refractivity contribution is 7.89. The van der Waals surface area contributed by atoms with Gasteiger partial charge < -0.3 is 9.26 Å². The highest BCUT2D eigenvalue weighted by atomic mass is 32.2. The summed E-state index contributed by atoms with van der Waals surface area (Å²) in [4.78, 5) is 4.74. The molecule has 8 heteroatoms. The van der Waals surface area contributed by atoms with E-state index in [1.165, 1.54) is 4.31 Å². The maximum absolute atomic E-state index is 13.3. The van der Waals surface area contributed by atoms with Crippen molar-refractivity contribution in [2.45, 2.75) is 37.1 Å². The first-order valence-electron chi connectivity index (χ1n) is 9.55. The summed E-state index contributed by atoms with van der Waals surface area (Å²) in [5, 5.41) is 4.08. The average Bonchev–Trinajstić information content (AvgIpc) is 3.24. The molecule has 152 valence electrons. The summed E-state index contributed by atoms with van der Waals surface area (Å²) in [5.74, 6) is 1.41. The van der Waals surface area contributed by atoms with Crippen molar-refractivity contribution in [3.8, 4) is 17.1 Å². The van der Waals surface area contributed by atoms with E-state index in [1.54, 1.807) is 31.4 Å². The van der Waals surface area contributed by atoms with Crippen LogP contribution >= 0.6 is 0 Å². The van der Waals surface area contributed by atoms with Crippen molar-refractivity contribution in [1.82, 2.24) is 14.4 Å². The fourth-order valence-electron chi connectivity index (χ4n) is 3.51. The number of hydrogen-bond acceptors (Lipinski definition) is 6. The van der Waals surface area contributed by atoms with Gasteiger partial charge in [0, 0.05) is 12.1 Å². The van der Waals surface area contributed by atoms with Crippen LogP contribution in [-0.4, -0.2) is 36.5 Å². The standard InChI is InChI=1S/C21H23N3O4S/c1-15-6-8-16(9-7-15)20-22-21(28-23-20)19-5-3-4-14-24(19)29(25,26)18-12-10-17(27-2)11-13-18/h6-13,19H,3-5,14H2,1-2H3. The van der Waals surface area contributed by atoms with Gasteiger partial charge in [-0.3, -0.25) is 0 Å². The Morgan fingerprint density at radius 1 is 1.07 bits per heavy atom. The molecule has 1 saturated heterocycles. The Kier molecular flexibility index (Phi) is 5.38. The predicted molar refractivity (Wildman–Crippen MR) is 108 cm³/mol. The molecule has 29 heavy (non-hydrogen) atoms. The lowest BCUT2D eigenvalue weighted by atomic mass is 10.1. The number of aromatic nitrogens is 2. The van der Waals surface area contributed by atoms with Gasteiger partial charge >= 0.3 is 0 Å². The molecule has 0 aliphatic carbocycles. The zero-order valence-electron chi connectivity index (χ0n) is 16.4. The third kappa shape index (κ3) is 3.90. The number of methoxy groups -OCH3 is 1. The third-order valence-corrected chi connectivity index (χ3v) is 7.08. The van der Waals surface area contributed by atoms with E-state index in [4.69, 9.17) is 9.26 Å². The number of sulfonamides is 1. The van der Waals surface area contributed by atoms with E-state index in [9.17, 15) is 8.42 Å². The van der Waals surface area contributed by atoms with Gasteiger partial charge in [-0.05, 0) is 44.0 Å². The summed E-state index contributed by atoms with van der Waals surface area (Å²) < 4.78 is 38.7. The van der Waals surface area contributed by atoms with E-state index in [0.29, 0.717) is 30.4 Å². The quantitative estimate of drug-likeness (QED) is 0.629. The average molecular weight is 413 g/mol. The van der Waals surface area contributed by atoms with E-state index in [-0.39, 0.29) is 4.90 Å². The molecule has 1 fully saturated rings. The maximum Gasteiger partial charge on any atom is 0.245 e. The van der Waals surface area contributed by atoms with Crippen molar-refractivity contribution in [3.05, 3.63) is 60.0 Å². The van der Waals surface area contributed by atoms with Crippen LogP contribution in [0.15, 0.2) is 57.9 Å². The van der Waals surface area contributed by atoms with E-state index >= 15 is 0 Å². The molecule has 0 spiro atoms. The van der Waals surface area contributed by atoms with Crippen LogP contribution in [0, 0.1) is 6.92 Å². The first-order chi connectivity index (χ1) is 14.0. The minimum atomic E-state index is -3.70. The number of rotatable bonds is 5.